The molecular formula is C26H23N3O6-2. The van der Waals surface area contributed by atoms with Gasteiger partial charge in [-0.15, -0.1) is 5.23 Å². The number of anilines is 3. The van der Waals surface area contributed by atoms with Gasteiger partial charge in [-0.05, 0) is 23.3 Å². The van der Waals surface area contributed by atoms with Crippen molar-refractivity contribution in [1.82, 2.24) is 0 Å². The largest absolute Gasteiger partial charge is 0.769 e. The minimum atomic E-state index is -0.718. The standard InChI is InChI=1S/C26H23N3O6/c1-18(30)27(19(2)31)24-17-25(28(32)33)23(16-14-21-11-7-4-8-12-21)26(29(34)35)22(24)15-13-20-9-5-3-6-10-20/h3-17,34-35H,1-2H3/q-2. The molecule has 9 heteroatoms. The lowest BCUT2D eigenvalue weighted by Gasteiger charge is -2.40. The van der Waals surface area contributed by atoms with Crippen molar-refractivity contribution in [2.75, 3.05) is 15.4 Å². The van der Waals surface area contributed by atoms with Crippen LogP contribution in [0.5, 0.6) is 0 Å². The summed E-state index contributed by atoms with van der Waals surface area (Å²) in [4.78, 5) is 25.4. The van der Waals surface area contributed by atoms with Gasteiger partial charge in [0.25, 0.3) is 0 Å². The Morgan fingerprint density at radius 3 is 1.51 bits per heavy atom. The van der Waals surface area contributed by atoms with Gasteiger partial charge in [0.2, 0.25) is 11.8 Å². The van der Waals surface area contributed by atoms with E-state index in [1.807, 2.05) is 12.1 Å². The van der Waals surface area contributed by atoms with E-state index in [0.29, 0.717) is 0 Å². The van der Waals surface area contributed by atoms with Gasteiger partial charge in [0.05, 0.1) is 5.69 Å². The van der Waals surface area contributed by atoms with E-state index in [2.05, 4.69) is 0 Å². The first-order valence-electron chi connectivity index (χ1n) is 10.5. The molecule has 0 atom stereocenters. The Kier molecular flexibility index (Phi) is 8.13. The fourth-order valence-corrected chi connectivity index (χ4v) is 3.60. The number of benzene rings is 3. The molecule has 0 aliphatic heterocycles. The maximum absolute atomic E-state index is 12.3. The lowest BCUT2D eigenvalue weighted by molar-refractivity contribution is -0.124. The minimum absolute atomic E-state index is 0.0163. The highest BCUT2D eigenvalue weighted by molar-refractivity contribution is 6.16. The van der Waals surface area contributed by atoms with Crippen molar-refractivity contribution in [1.29, 1.82) is 0 Å². The van der Waals surface area contributed by atoms with E-state index in [0.717, 1.165) is 35.9 Å². The summed E-state index contributed by atoms with van der Waals surface area (Å²) in [5.41, 5.74) is 0.276. The third-order valence-corrected chi connectivity index (χ3v) is 5.09. The Hall–Kier alpha value is -4.28. The third kappa shape index (κ3) is 5.99. The van der Waals surface area contributed by atoms with E-state index in [9.17, 15) is 30.4 Å². The van der Waals surface area contributed by atoms with Crippen LogP contribution >= 0.6 is 0 Å². The molecule has 0 aliphatic rings. The van der Waals surface area contributed by atoms with Crippen molar-refractivity contribution in [3.63, 3.8) is 0 Å². The zero-order valence-electron chi connectivity index (χ0n) is 19.0. The van der Waals surface area contributed by atoms with Crippen molar-refractivity contribution in [2.24, 2.45) is 0 Å². The molecule has 0 aliphatic carbocycles. The van der Waals surface area contributed by atoms with E-state index in [4.69, 9.17) is 0 Å². The van der Waals surface area contributed by atoms with Gasteiger partial charge in [0, 0.05) is 30.7 Å². The number of hydrogen-bond acceptors (Lipinski definition) is 8. The zero-order chi connectivity index (χ0) is 25.5. The van der Waals surface area contributed by atoms with Crippen LogP contribution in [0.3, 0.4) is 0 Å². The average molecular weight is 473 g/mol. The predicted molar refractivity (Wildman–Crippen MR) is 136 cm³/mol. The molecule has 3 aromatic carbocycles. The summed E-state index contributed by atoms with van der Waals surface area (Å²) >= 11 is 0. The van der Waals surface area contributed by atoms with Crippen LogP contribution in [0.2, 0.25) is 0 Å². The van der Waals surface area contributed by atoms with Gasteiger partial charge < -0.3 is 15.6 Å². The van der Waals surface area contributed by atoms with Gasteiger partial charge >= 0.3 is 0 Å². The summed E-state index contributed by atoms with van der Waals surface area (Å²) < 4.78 is 0. The molecule has 0 saturated carbocycles. The Bertz CT molecular complexity index is 1240. The first-order chi connectivity index (χ1) is 16.7. The van der Waals surface area contributed by atoms with E-state index in [1.54, 1.807) is 60.7 Å². The van der Waals surface area contributed by atoms with Crippen molar-refractivity contribution >= 4 is 53.2 Å². The van der Waals surface area contributed by atoms with Crippen LogP contribution < -0.4 is 15.4 Å². The average Bonchev–Trinajstić information content (AvgIpc) is 2.82. The summed E-state index contributed by atoms with van der Waals surface area (Å²) in [7, 11) is 0. The Morgan fingerprint density at radius 2 is 1.14 bits per heavy atom. The summed E-state index contributed by atoms with van der Waals surface area (Å²) in [5.74, 6) is -1.38. The molecule has 3 rings (SSSR count). The number of rotatable bonds is 7. The van der Waals surface area contributed by atoms with Crippen LogP contribution in [0.15, 0.2) is 66.7 Å². The lowest BCUT2D eigenvalue weighted by atomic mass is 9.99. The summed E-state index contributed by atoms with van der Waals surface area (Å²) in [6.45, 7) is 2.27. The first kappa shape index (κ1) is 25.3. The second-order valence-corrected chi connectivity index (χ2v) is 7.50. The zero-order valence-corrected chi connectivity index (χ0v) is 19.0. The van der Waals surface area contributed by atoms with Crippen LogP contribution in [-0.4, -0.2) is 22.2 Å². The number of hydrogen-bond donors (Lipinski definition) is 2. The second kappa shape index (κ2) is 11.2. The molecule has 2 N–H and O–H groups in total. The van der Waals surface area contributed by atoms with Gasteiger partial charge in [-0.25, -0.2) is 0 Å². The molecule has 180 valence electrons. The SMILES string of the molecule is CC(=O)N(C(C)=O)c1cc(N([O-])[O-])c(C=Cc2ccccc2)c(N(O)O)c1C=Cc1ccccc1. The number of carbonyl (C=O) groups excluding carboxylic acids is 2. The van der Waals surface area contributed by atoms with Gasteiger partial charge in [-0.1, -0.05) is 78.9 Å². The molecule has 2 amide bonds. The number of nitrogens with zero attached hydrogens (tertiary/aromatic N) is 3. The lowest BCUT2D eigenvalue weighted by Crippen LogP contribution is -2.34. The van der Waals surface area contributed by atoms with Crippen LogP contribution in [0.1, 0.15) is 36.1 Å². The Balaban J connectivity index is 2.37. The van der Waals surface area contributed by atoms with Crippen LogP contribution in [0.4, 0.5) is 17.1 Å². The maximum Gasteiger partial charge on any atom is 0.230 e. The number of carbonyl (C=O) groups is 2. The van der Waals surface area contributed by atoms with Crippen molar-refractivity contribution in [3.05, 3.63) is 99.4 Å². The van der Waals surface area contributed by atoms with Gasteiger partial charge in [-0.2, -0.15) is 0 Å². The van der Waals surface area contributed by atoms with Crippen LogP contribution in [-0.2, 0) is 9.59 Å². The molecule has 0 spiro atoms. The van der Waals surface area contributed by atoms with Gasteiger partial charge in [0.15, 0.2) is 0 Å². The fraction of sp³-hybridized carbons (Fsp3) is 0.0769. The molecule has 9 nitrogen and oxygen atoms in total. The van der Waals surface area contributed by atoms with E-state index < -0.39 is 22.7 Å². The normalized spacial score (nSPS) is 11.1. The highest BCUT2D eigenvalue weighted by atomic mass is 16.8. The van der Waals surface area contributed by atoms with Crippen LogP contribution in [0.25, 0.3) is 24.3 Å². The van der Waals surface area contributed by atoms with Crippen molar-refractivity contribution < 1.29 is 20.0 Å². The second-order valence-electron chi connectivity index (χ2n) is 7.50. The molecule has 0 unspecified atom stereocenters. The fourth-order valence-electron chi connectivity index (χ4n) is 3.60. The molecule has 35 heavy (non-hydrogen) atoms. The van der Waals surface area contributed by atoms with E-state index >= 15 is 0 Å². The molecule has 0 aromatic heterocycles. The summed E-state index contributed by atoms with van der Waals surface area (Å²) in [5, 5.41) is 43.4. The Morgan fingerprint density at radius 1 is 0.714 bits per heavy atom. The highest BCUT2D eigenvalue weighted by Gasteiger charge is 2.26. The molecular weight excluding hydrogens is 450 g/mol. The molecule has 0 heterocycles. The predicted octanol–water partition coefficient (Wildman–Crippen LogP) is 5.31. The quantitative estimate of drug-likeness (QED) is 0.349. The smallest absolute Gasteiger partial charge is 0.230 e. The topological polar surface area (TPSA) is 130 Å². The van der Waals surface area contributed by atoms with Crippen LogP contribution in [0, 0.1) is 10.4 Å². The molecule has 0 fully saturated rings. The van der Waals surface area contributed by atoms with Gasteiger partial charge in [-0.3, -0.25) is 24.9 Å². The molecule has 3 aromatic rings. The molecule has 0 bridgehead atoms. The molecule has 0 saturated heterocycles. The van der Waals surface area contributed by atoms with E-state index in [-0.39, 0.29) is 27.7 Å². The Labute approximate surface area is 202 Å². The van der Waals surface area contributed by atoms with Crippen molar-refractivity contribution in [2.45, 2.75) is 13.8 Å². The third-order valence-electron chi connectivity index (χ3n) is 5.09. The summed E-state index contributed by atoms with van der Waals surface area (Å²) in [6, 6.07) is 19.0. The monoisotopic (exact) mass is 473 g/mol. The summed E-state index contributed by atoms with van der Waals surface area (Å²) in [6.07, 6.45) is 6.04. The highest BCUT2D eigenvalue weighted by Crippen LogP contribution is 2.42. The number of amides is 2. The molecule has 0 radical (unpaired) electrons. The number of imide groups is 1. The van der Waals surface area contributed by atoms with Crippen molar-refractivity contribution in [3.8, 4) is 0 Å². The van der Waals surface area contributed by atoms with Gasteiger partial charge in [0.1, 0.15) is 5.69 Å². The van der Waals surface area contributed by atoms with E-state index in [1.165, 1.54) is 12.2 Å². The first-order valence-corrected chi connectivity index (χ1v) is 10.5. The minimum Gasteiger partial charge on any atom is -0.769 e. The maximum atomic E-state index is 12.3.